The van der Waals surface area contributed by atoms with E-state index in [1.807, 2.05) is 60.7 Å². The SMILES string of the molecule is FC(F)(F)c1ccccc1N=Cc1ccccc1P(c1ccccc1)c1ccccc1.[Cl][Pd][Cl]. The third-order valence-corrected chi connectivity index (χ3v) is 7.28. The van der Waals surface area contributed by atoms with E-state index in [1.165, 1.54) is 22.7 Å². The van der Waals surface area contributed by atoms with Gasteiger partial charge in [0.1, 0.15) is 0 Å². The number of benzene rings is 4. The molecule has 0 bridgehead atoms. The van der Waals surface area contributed by atoms with Crippen LogP contribution in [0.1, 0.15) is 11.1 Å². The van der Waals surface area contributed by atoms with Crippen molar-refractivity contribution in [3.63, 3.8) is 0 Å². The van der Waals surface area contributed by atoms with Crippen molar-refractivity contribution in [1.29, 1.82) is 0 Å². The van der Waals surface area contributed by atoms with Gasteiger partial charge in [0.25, 0.3) is 0 Å². The second kappa shape index (κ2) is 13.2. The molecule has 0 spiro atoms. The summed E-state index contributed by atoms with van der Waals surface area (Å²) in [5.74, 6) is 0. The van der Waals surface area contributed by atoms with E-state index in [-0.39, 0.29) is 21.6 Å². The van der Waals surface area contributed by atoms with Crippen LogP contribution in [0.2, 0.25) is 0 Å². The maximum absolute atomic E-state index is 13.4. The van der Waals surface area contributed by atoms with Crippen molar-refractivity contribution in [1.82, 2.24) is 0 Å². The number of nitrogens with zero attached hydrogens (tertiary/aromatic N) is 1. The molecule has 0 aromatic heterocycles. The van der Waals surface area contributed by atoms with Gasteiger partial charge in [-0.15, -0.1) is 0 Å². The minimum absolute atomic E-state index is 0.0893. The van der Waals surface area contributed by atoms with Crippen molar-refractivity contribution < 1.29 is 29.1 Å². The number of para-hydroxylation sites is 1. The van der Waals surface area contributed by atoms with E-state index in [2.05, 4.69) is 29.3 Å². The fourth-order valence-electron chi connectivity index (χ4n) is 3.35. The second-order valence-corrected chi connectivity index (χ2v) is 11.4. The summed E-state index contributed by atoms with van der Waals surface area (Å²) in [6.07, 6.45) is -2.91. The number of rotatable bonds is 5. The standard InChI is InChI=1S/C26H19F3NP.2ClH.Pd/c27-26(28,29)23-16-8-9-17-24(23)30-19-20-11-7-10-18-25(20)31(21-12-3-1-4-13-21)22-14-5-2-6-15-22;;;/h1-19H;2*1H;/q;;;+2/p-2. The Bertz CT molecular complexity index is 1170. The van der Waals surface area contributed by atoms with E-state index in [1.54, 1.807) is 12.3 Å². The molecule has 0 N–H and O–H groups in total. The van der Waals surface area contributed by atoms with Gasteiger partial charge in [0.2, 0.25) is 0 Å². The molecule has 4 rings (SSSR count). The van der Waals surface area contributed by atoms with Crippen molar-refractivity contribution >= 4 is 54.8 Å². The number of hydrogen-bond donors (Lipinski definition) is 0. The first-order chi connectivity index (χ1) is 16.5. The number of alkyl halides is 3. The first-order valence-corrected chi connectivity index (χ1v) is 15.3. The summed E-state index contributed by atoms with van der Waals surface area (Å²) in [6.45, 7) is 0. The molecule has 0 fully saturated rings. The first-order valence-electron chi connectivity index (χ1n) is 9.97. The number of hydrogen-bond acceptors (Lipinski definition) is 1. The second-order valence-electron chi connectivity index (χ2n) is 6.88. The topological polar surface area (TPSA) is 12.4 Å². The Balaban J connectivity index is 0.00000103. The van der Waals surface area contributed by atoms with Crippen LogP contribution in [0.4, 0.5) is 18.9 Å². The Morgan fingerprint density at radius 3 is 1.71 bits per heavy atom. The first kappa shape index (κ1) is 26.6. The fraction of sp³-hybridized carbons (Fsp3) is 0.0385. The van der Waals surface area contributed by atoms with Crippen LogP contribution >= 0.6 is 27.0 Å². The summed E-state index contributed by atoms with van der Waals surface area (Å²) in [4.78, 5) is 4.24. The van der Waals surface area contributed by atoms with Crippen LogP contribution in [0.3, 0.4) is 0 Å². The third-order valence-electron chi connectivity index (χ3n) is 4.76. The summed E-state index contributed by atoms with van der Waals surface area (Å²) in [5, 5.41) is 3.38. The Labute approximate surface area is 214 Å². The van der Waals surface area contributed by atoms with E-state index >= 15 is 0 Å². The van der Waals surface area contributed by atoms with Crippen molar-refractivity contribution in [2.75, 3.05) is 0 Å². The summed E-state index contributed by atoms with van der Waals surface area (Å²) >= 11 is -0.106. The molecule has 0 aliphatic carbocycles. The van der Waals surface area contributed by atoms with Gasteiger partial charge < -0.3 is 0 Å². The number of halogens is 5. The normalized spacial score (nSPS) is 11.5. The monoisotopic (exact) mass is 609 g/mol. The molecule has 0 saturated heterocycles. The van der Waals surface area contributed by atoms with Gasteiger partial charge in [-0.25, -0.2) is 0 Å². The van der Waals surface area contributed by atoms with Crippen LogP contribution in [0.15, 0.2) is 114 Å². The zero-order chi connectivity index (χ0) is 24.4. The molecule has 8 heteroatoms. The average molecular weight is 611 g/mol. The van der Waals surface area contributed by atoms with E-state index in [0.29, 0.717) is 0 Å². The van der Waals surface area contributed by atoms with Crippen LogP contribution in [0.5, 0.6) is 0 Å². The molecule has 34 heavy (non-hydrogen) atoms. The van der Waals surface area contributed by atoms with Gasteiger partial charge in [0.15, 0.2) is 0 Å². The zero-order valence-electron chi connectivity index (χ0n) is 17.6. The quantitative estimate of drug-likeness (QED) is 0.125. The molecule has 1 nitrogen and oxygen atoms in total. The Morgan fingerprint density at radius 1 is 0.676 bits per heavy atom. The molecule has 178 valence electrons. The van der Waals surface area contributed by atoms with Gasteiger partial charge in [-0.2, -0.15) is 13.2 Å². The van der Waals surface area contributed by atoms with Crippen molar-refractivity contribution in [3.05, 3.63) is 120 Å². The van der Waals surface area contributed by atoms with Crippen LogP contribution in [0, 0.1) is 0 Å². The van der Waals surface area contributed by atoms with Gasteiger partial charge in [0, 0.05) is 11.8 Å². The average Bonchev–Trinajstić information content (AvgIpc) is 2.85. The van der Waals surface area contributed by atoms with E-state index < -0.39 is 19.7 Å². The summed E-state index contributed by atoms with van der Waals surface area (Å²) in [5.41, 5.74) is -0.0241. The molecule has 0 amide bonds. The Hall–Kier alpha value is -1.99. The molecule has 4 aromatic rings. The zero-order valence-corrected chi connectivity index (χ0v) is 21.5. The summed E-state index contributed by atoms with van der Waals surface area (Å²) in [7, 11) is 8.74. The van der Waals surface area contributed by atoms with Crippen LogP contribution in [-0.2, 0) is 22.1 Å². The minimum atomic E-state index is -4.45. The molecule has 0 heterocycles. The Kier molecular flexibility index (Phi) is 10.3. The maximum atomic E-state index is 13.4. The van der Waals surface area contributed by atoms with Crippen LogP contribution in [0.25, 0.3) is 0 Å². The molecule has 0 aliphatic heterocycles. The van der Waals surface area contributed by atoms with Crippen LogP contribution in [-0.4, -0.2) is 6.21 Å². The molecular formula is C26H19Cl2F3NPPd. The van der Waals surface area contributed by atoms with Crippen LogP contribution < -0.4 is 15.9 Å². The predicted octanol–water partition coefficient (Wildman–Crippen LogP) is 7.59. The molecule has 0 unspecified atom stereocenters. The molecular weight excluding hydrogens is 592 g/mol. The number of aliphatic imine (C=N–C) groups is 1. The third kappa shape index (κ3) is 7.25. The molecule has 4 aromatic carbocycles. The molecule has 0 saturated carbocycles. The van der Waals surface area contributed by atoms with Gasteiger partial charge in [0.05, 0.1) is 11.3 Å². The van der Waals surface area contributed by atoms with E-state index in [0.717, 1.165) is 16.9 Å². The van der Waals surface area contributed by atoms with E-state index in [9.17, 15) is 13.2 Å². The van der Waals surface area contributed by atoms with Crippen molar-refractivity contribution in [2.24, 2.45) is 4.99 Å². The molecule has 0 atom stereocenters. The molecule has 0 aliphatic rings. The van der Waals surface area contributed by atoms with E-state index in [4.69, 9.17) is 19.1 Å². The fourth-order valence-corrected chi connectivity index (χ4v) is 5.77. The Morgan fingerprint density at radius 2 is 1.15 bits per heavy atom. The van der Waals surface area contributed by atoms with Crippen molar-refractivity contribution in [2.45, 2.75) is 6.18 Å². The molecule has 0 radical (unpaired) electrons. The van der Waals surface area contributed by atoms with Gasteiger partial charge in [-0.05, 0) is 36.0 Å². The van der Waals surface area contributed by atoms with Gasteiger partial charge in [-0.1, -0.05) is 97.1 Å². The van der Waals surface area contributed by atoms with Crippen molar-refractivity contribution in [3.8, 4) is 0 Å². The summed E-state index contributed by atoms with van der Waals surface area (Å²) < 4.78 is 40.1. The summed E-state index contributed by atoms with van der Waals surface area (Å²) in [6, 6.07) is 33.5. The predicted molar refractivity (Wildman–Crippen MR) is 136 cm³/mol. The van der Waals surface area contributed by atoms with Gasteiger partial charge >= 0.3 is 41.2 Å². The van der Waals surface area contributed by atoms with Gasteiger partial charge in [-0.3, -0.25) is 4.99 Å².